The Kier molecular flexibility index (Phi) is 6.34. The van der Waals surface area contributed by atoms with E-state index in [0.717, 1.165) is 6.42 Å². The van der Waals surface area contributed by atoms with Gasteiger partial charge in [0.2, 0.25) is 0 Å². The summed E-state index contributed by atoms with van der Waals surface area (Å²) in [5.41, 5.74) is 6.76. The molecule has 1 aromatic rings. The van der Waals surface area contributed by atoms with E-state index in [1.165, 1.54) is 19.3 Å². The first-order valence-electron chi connectivity index (χ1n) is 7.19. The van der Waals surface area contributed by atoms with E-state index in [1.54, 1.807) is 18.2 Å². The van der Waals surface area contributed by atoms with Gasteiger partial charge in [0.25, 0.3) is 5.91 Å². The van der Waals surface area contributed by atoms with Crippen LogP contribution in [0.25, 0.3) is 0 Å². The van der Waals surface area contributed by atoms with Crippen LogP contribution in [0.1, 0.15) is 56.8 Å². The standard InChI is InChI=1S/C16H25ClN2O/c1-4-5-6-9-16(2,3)11-19-15(20)13-8-7-12(18)10-14(13)17/h7-8,10H,4-6,9,11,18H2,1-3H3,(H,19,20). The molecule has 3 nitrogen and oxygen atoms in total. The molecule has 0 spiro atoms. The van der Waals surface area contributed by atoms with Crippen molar-refractivity contribution in [2.75, 3.05) is 12.3 Å². The molecule has 1 rings (SSSR count). The van der Waals surface area contributed by atoms with Crippen LogP contribution in [0.2, 0.25) is 5.02 Å². The molecule has 0 saturated heterocycles. The third-order valence-corrected chi connectivity index (χ3v) is 3.74. The smallest absolute Gasteiger partial charge is 0.252 e. The van der Waals surface area contributed by atoms with Crippen LogP contribution < -0.4 is 11.1 Å². The molecule has 0 unspecified atom stereocenters. The van der Waals surface area contributed by atoms with Gasteiger partial charge in [-0.3, -0.25) is 4.79 Å². The third kappa shape index (κ3) is 5.41. The van der Waals surface area contributed by atoms with Crippen LogP contribution in [0, 0.1) is 5.41 Å². The van der Waals surface area contributed by atoms with Crippen molar-refractivity contribution in [2.45, 2.75) is 46.5 Å². The Morgan fingerprint density at radius 1 is 1.35 bits per heavy atom. The number of hydrogen-bond acceptors (Lipinski definition) is 2. The Hall–Kier alpha value is -1.22. The number of halogens is 1. The number of rotatable bonds is 7. The average Bonchev–Trinajstić information content (AvgIpc) is 2.36. The zero-order valence-corrected chi connectivity index (χ0v) is 13.4. The highest BCUT2D eigenvalue weighted by molar-refractivity contribution is 6.34. The van der Waals surface area contributed by atoms with Crippen molar-refractivity contribution in [3.63, 3.8) is 0 Å². The monoisotopic (exact) mass is 296 g/mol. The zero-order valence-electron chi connectivity index (χ0n) is 12.6. The molecule has 1 amide bonds. The lowest BCUT2D eigenvalue weighted by atomic mass is 9.87. The lowest BCUT2D eigenvalue weighted by Gasteiger charge is -2.25. The number of hydrogen-bond donors (Lipinski definition) is 2. The highest BCUT2D eigenvalue weighted by Gasteiger charge is 2.19. The summed E-state index contributed by atoms with van der Waals surface area (Å²) >= 11 is 6.04. The quantitative estimate of drug-likeness (QED) is 0.583. The van der Waals surface area contributed by atoms with Gasteiger partial charge in [-0.1, -0.05) is 51.6 Å². The first-order valence-corrected chi connectivity index (χ1v) is 7.57. The third-order valence-electron chi connectivity index (χ3n) is 3.42. The number of unbranched alkanes of at least 4 members (excludes halogenated alkanes) is 2. The predicted molar refractivity (Wildman–Crippen MR) is 86.1 cm³/mol. The predicted octanol–water partition coefficient (Wildman–Crippen LogP) is 4.26. The molecule has 0 fully saturated rings. The number of nitrogen functional groups attached to an aromatic ring is 1. The van der Waals surface area contributed by atoms with Gasteiger partial charge in [0.15, 0.2) is 0 Å². The van der Waals surface area contributed by atoms with E-state index in [9.17, 15) is 4.79 Å². The number of benzene rings is 1. The van der Waals surface area contributed by atoms with Gasteiger partial charge in [0.1, 0.15) is 0 Å². The number of anilines is 1. The van der Waals surface area contributed by atoms with Crippen LogP contribution in [-0.4, -0.2) is 12.5 Å². The Balaban J connectivity index is 2.54. The molecule has 0 aliphatic carbocycles. The van der Waals surface area contributed by atoms with Gasteiger partial charge in [0, 0.05) is 12.2 Å². The molecular weight excluding hydrogens is 272 g/mol. The minimum absolute atomic E-state index is 0.102. The molecule has 0 aromatic heterocycles. The minimum Gasteiger partial charge on any atom is -0.399 e. The molecule has 3 N–H and O–H groups in total. The summed E-state index contributed by atoms with van der Waals surface area (Å²) in [6, 6.07) is 4.95. The molecule has 0 radical (unpaired) electrons. The number of carbonyl (C=O) groups is 1. The van der Waals surface area contributed by atoms with Crippen molar-refractivity contribution in [3.05, 3.63) is 28.8 Å². The second-order valence-electron chi connectivity index (χ2n) is 6.04. The van der Waals surface area contributed by atoms with E-state index < -0.39 is 0 Å². The first kappa shape index (κ1) is 16.8. The SMILES string of the molecule is CCCCCC(C)(C)CNC(=O)c1ccc(N)cc1Cl. The summed E-state index contributed by atoms with van der Waals surface area (Å²) < 4.78 is 0. The Morgan fingerprint density at radius 3 is 2.65 bits per heavy atom. The topological polar surface area (TPSA) is 55.1 Å². The van der Waals surface area contributed by atoms with Crippen LogP contribution >= 0.6 is 11.6 Å². The lowest BCUT2D eigenvalue weighted by Crippen LogP contribution is -2.34. The number of nitrogens with one attached hydrogen (secondary N) is 1. The van der Waals surface area contributed by atoms with Gasteiger partial charge in [-0.2, -0.15) is 0 Å². The Morgan fingerprint density at radius 2 is 2.05 bits per heavy atom. The fourth-order valence-electron chi connectivity index (χ4n) is 2.07. The molecule has 1 aromatic carbocycles. The minimum atomic E-state index is -0.140. The van der Waals surface area contributed by atoms with Crippen molar-refractivity contribution in [2.24, 2.45) is 5.41 Å². The molecule has 4 heteroatoms. The second-order valence-corrected chi connectivity index (χ2v) is 6.45. The number of nitrogens with two attached hydrogens (primary N) is 1. The van der Waals surface area contributed by atoms with Crippen LogP contribution in [-0.2, 0) is 0 Å². The maximum Gasteiger partial charge on any atom is 0.252 e. The molecular formula is C16H25ClN2O. The van der Waals surface area contributed by atoms with Crippen LogP contribution in [0.4, 0.5) is 5.69 Å². The molecule has 0 bridgehead atoms. The zero-order chi connectivity index (χ0) is 15.2. The van der Waals surface area contributed by atoms with Crippen LogP contribution in [0.5, 0.6) is 0 Å². The van der Waals surface area contributed by atoms with Crippen LogP contribution in [0.3, 0.4) is 0 Å². The summed E-state index contributed by atoms with van der Waals surface area (Å²) in [5.74, 6) is -0.140. The summed E-state index contributed by atoms with van der Waals surface area (Å²) in [4.78, 5) is 12.1. The average molecular weight is 297 g/mol. The van der Waals surface area contributed by atoms with E-state index >= 15 is 0 Å². The Labute approximate surface area is 126 Å². The van der Waals surface area contributed by atoms with Gasteiger partial charge >= 0.3 is 0 Å². The molecule has 0 heterocycles. The molecule has 0 saturated carbocycles. The van der Waals surface area contributed by atoms with Gasteiger partial charge in [-0.25, -0.2) is 0 Å². The summed E-state index contributed by atoms with van der Waals surface area (Å²) in [7, 11) is 0. The molecule has 20 heavy (non-hydrogen) atoms. The number of amides is 1. The van der Waals surface area contributed by atoms with Crippen molar-refractivity contribution in [3.8, 4) is 0 Å². The second kappa shape index (κ2) is 7.53. The molecule has 0 aliphatic rings. The van der Waals surface area contributed by atoms with Crippen molar-refractivity contribution >= 4 is 23.2 Å². The van der Waals surface area contributed by atoms with Crippen LogP contribution in [0.15, 0.2) is 18.2 Å². The van der Waals surface area contributed by atoms with E-state index in [4.69, 9.17) is 17.3 Å². The largest absolute Gasteiger partial charge is 0.399 e. The van der Waals surface area contributed by atoms with E-state index in [0.29, 0.717) is 22.8 Å². The molecule has 0 aliphatic heterocycles. The molecule has 0 atom stereocenters. The van der Waals surface area contributed by atoms with E-state index in [1.807, 2.05) is 0 Å². The fourth-order valence-corrected chi connectivity index (χ4v) is 2.35. The summed E-state index contributed by atoms with van der Waals surface area (Å²) in [6.07, 6.45) is 4.75. The first-order chi connectivity index (χ1) is 9.35. The van der Waals surface area contributed by atoms with Gasteiger partial charge in [-0.05, 0) is 30.0 Å². The highest BCUT2D eigenvalue weighted by Crippen LogP contribution is 2.23. The lowest BCUT2D eigenvalue weighted by molar-refractivity contribution is 0.0934. The van der Waals surface area contributed by atoms with Gasteiger partial charge in [-0.15, -0.1) is 0 Å². The van der Waals surface area contributed by atoms with E-state index in [-0.39, 0.29) is 11.3 Å². The van der Waals surface area contributed by atoms with Crippen molar-refractivity contribution in [1.29, 1.82) is 0 Å². The van der Waals surface area contributed by atoms with Crippen molar-refractivity contribution in [1.82, 2.24) is 5.32 Å². The van der Waals surface area contributed by atoms with Gasteiger partial charge in [0.05, 0.1) is 10.6 Å². The fraction of sp³-hybridized carbons (Fsp3) is 0.562. The molecule has 112 valence electrons. The Bertz CT molecular complexity index is 458. The van der Waals surface area contributed by atoms with E-state index in [2.05, 4.69) is 26.1 Å². The van der Waals surface area contributed by atoms with Crippen molar-refractivity contribution < 1.29 is 4.79 Å². The maximum atomic E-state index is 12.1. The maximum absolute atomic E-state index is 12.1. The number of carbonyl (C=O) groups excluding carboxylic acids is 1. The highest BCUT2D eigenvalue weighted by atomic mass is 35.5. The summed E-state index contributed by atoms with van der Waals surface area (Å²) in [6.45, 7) is 7.19. The van der Waals surface area contributed by atoms with Gasteiger partial charge < -0.3 is 11.1 Å². The normalized spacial score (nSPS) is 11.4. The summed E-state index contributed by atoms with van der Waals surface area (Å²) in [5, 5.41) is 3.36.